The van der Waals surface area contributed by atoms with Gasteiger partial charge in [-0.15, -0.1) is 11.3 Å². The zero-order valence-electron chi connectivity index (χ0n) is 9.59. The molecule has 0 aliphatic rings. The van der Waals surface area contributed by atoms with Crippen LogP contribution in [0.25, 0.3) is 16.5 Å². The monoisotopic (exact) mass is 263 g/mol. The Labute approximate surface area is 107 Å². The second kappa shape index (κ2) is 5.10. The number of hydrogen-bond donors (Lipinski definition) is 0. The van der Waals surface area contributed by atoms with Crippen LogP contribution in [-0.4, -0.2) is 4.92 Å². The average Bonchev–Trinajstić information content (AvgIpc) is 2.77. The van der Waals surface area contributed by atoms with Crippen molar-refractivity contribution in [2.24, 2.45) is 0 Å². The summed E-state index contributed by atoms with van der Waals surface area (Å²) < 4.78 is 13.6. The number of halogens is 1. The summed E-state index contributed by atoms with van der Waals surface area (Å²) in [5.74, 6) is -0.291. The van der Waals surface area contributed by atoms with Crippen molar-refractivity contribution in [1.82, 2.24) is 0 Å². The predicted molar refractivity (Wildman–Crippen MR) is 70.4 cm³/mol. The Kier molecular flexibility index (Phi) is 3.53. The van der Waals surface area contributed by atoms with Crippen LogP contribution in [0.3, 0.4) is 0 Å². The molecule has 1 aromatic heterocycles. The number of allylic oxidation sites excluding steroid dienone is 1. The molecule has 0 spiro atoms. The second-order valence-electron chi connectivity index (χ2n) is 3.72. The van der Waals surface area contributed by atoms with Crippen LogP contribution < -0.4 is 0 Å². The lowest BCUT2D eigenvalue weighted by Gasteiger charge is -1.97. The first-order valence-corrected chi connectivity index (χ1v) is 6.07. The first-order valence-electron chi connectivity index (χ1n) is 5.25. The normalized spacial score (nSPS) is 11.6. The minimum Gasteiger partial charge on any atom is -0.259 e. The summed E-state index contributed by atoms with van der Waals surface area (Å²) in [5.41, 5.74) is 0.581. The molecule has 0 saturated carbocycles. The molecule has 0 N–H and O–H groups in total. The molecule has 1 aromatic carbocycles. The van der Waals surface area contributed by atoms with Crippen molar-refractivity contribution in [1.29, 1.82) is 0 Å². The lowest BCUT2D eigenvalue weighted by atomic mass is 10.2. The fraction of sp³-hybridized carbons (Fsp3) is 0.0769. The van der Waals surface area contributed by atoms with Gasteiger partial charge in [0.1, 0.15) is 5.82 Å². The maximum Gasteiger partial charge on any atom is 0.244 e. The SMILES string of the molecule is CC(=Cc1ccc(-c2ccccc2F)s1)[N+](=O)[O-]. The van der Waals surface area contributed by atoms with Gasteiger partial charge in [0, 0.05) is 28.3 Å². The number of nitro groups is 1. The standard InChI is InChI=1S/C13H10FNO2S/c1-9(15(16)17)8-10-6-7-13(18-10)11-4-2-3-5-12(11)14/h2-8H,1H3. The maximum atomic E-state index is 13.6. The summed E-state index contributed by atoms with van der Waals surface area (Å²) in [4.78, 5) is 11.6. The van der Waals surface area contributed by atoms with Gasteiger partial charge in [-0.05, 0) is 18.2 Å². The van der Waals surface area contributed by atoms with Gasteiger partial charge in [-0.25, -0.2) is 4.39 Å². The van der Waals surface area contributed by atoms with Crippen molar-refractivity contribution in [2.45, 2.75) is 6.92 Å². The maximum absolute atomic E-state index is 13.6. The lowest BCUT2D eigenvalue weighted by molar-refractivity contribution is -0.422. The molecule has 3 nitrogen and oxygen atoms in total. The zero-order valence-corrected chi connectivity index (χ0v) is 10.4. The third-order valence-electron chi connectivity index (χ3n) is 2.41. The highest BCUT2D eigenvalue weighted by Gasteiger charge is 2.08. The van der Waals surface area contributed by atoms with E-state index in [-0.39, 0.29) is 11.5 Å². The molecule has 0 aliphatic carbocycles. The van der Waals surface area contributed by atoms with Crippen molar-refractivity contribution >= 4 is 17.4 Å². The van der Waals surface area contributed by atoms with Crippen LogP contribution in [0.15, 0.2) is 42.1 Å². The van der Waals surface area contributed by atoms with Crippen LogP contribution in [-0.2, 0) is 0 Å². The van der Waals surface area contributed by atoms with Crippen molar-refractivity contribution in [3.05, 3.63) is 62.9 Å². The molecule has 0 atom stereocenters. The van der Waals surface area contributed by atoms with Crippen LogP contribution >= 0.6 is 11.3 Å². The Morgan fingerprint density at radius 2 is 2.06 bits per heavy atom. The van der Waals surface area contributed by atoms with Gasteiger partial charge in [0.05, 0.1) is 4.92 Å². The molecule has 0 unspecified atom stereocenters. The van der Waals surface area contributed by atoms with E-state index in [2.05, 4.69) is 0 Å². The minimum atomic E-state index is -0.442. The third-order valence-corrected chi connectivity index (χ3v) is 3.47. The average molecular weight is 263 g/mol. The number of thiophene rings is 1. The fourth-order valence-corrected chi connectivity index (χ4v) is 2.53. The first kappa shape index (κ1) is 12.4. The number of rotatable bonds is 3. The van der Waals surface area contributed by atoms with E-state index in [4.69, 9.17) is 0 Å². The number of hydrogen-bond acceptors (Lipinski definition) is 3. The summed E-state index contributed by atoms with van der Waals surface area (Å²) >= 11 is 1.33. The van der Waals surface area contributed by atoms with Gasteiger partial charge in [-0.3, -0.25) is 10.1 Å². The van der Waals surface area contributed by atoms with Crippen LogP contribution in [0.4, 0.5) is 4.39 Å². The molecule has 5 heteroatoms. The van der Waals surface area contributed by atoms with Gasteiger partial charge >= 0.3 is 0 Å². The van der Waals surface area contributed by atoms with Crippen LogP contribution in [0, 0.1) is 15.9 Å². The van der Waals surface area contributed by atoms with Crippen molar-refractivity contribution in [3.63, 3.8) is 0 Å². The van der Waals surface area contributed by atoms with Crippen LogP contribution in [0.5, 0.6) is 0 Å². The minimum absolute atomic E-state index is 0.0666. The predicted octanol–water partition coefficient (Wildman–Crippen LogP) is 4.19. The lowest BCUT2D eigenvalue weighted by Crippen LogP contribution is -1.91. The quantitative estimate of drug-likeness (QED) is 0.615. The van der Waals surface area contributed by atoms with Gasteiger partial charge in [-0.2, -0.15) is 0 Å². The van der Waals surface area contributed by atoms with E-state index in [0.717, 1.165) is 9.75 Å². The molecule has 0 amide bonds. The summed E-state index contributed by atoms with van der Waals surface area (Å²) in [5, 5.41) is 10.5. The molecule has 0 fully saturated rings. The van der Waals surface area contributed by atoms with E-state index in [9.17, 15) is 14.5 Å². The molecular formula is C13H10FNO2S. The zero-order chi connectivity index (χ0) is 13.1. The molecule has 2 rings (SSSR count). The Hall–Kier alpha value is -2.01. The van der Waals surface area contributed by atoms with E-state index < -0.39 is 4.92 Å². The molecule has 0 aliphatic heterocycles. The van der Waals surface area contributed by atoms with Crippen molar-refractivity contribution in [3.8, 4) is 10.4 Å². The summed E-state index contributed by atoms with van der Waals surface area (Å²) in [6, 6.07) is 9.99. The van der Waals surface area contributed by atoms with Crippen molar-refractivity contribution < 1.29 is 9.31 Å². The Balaban J connectivity index is 2.35. The third kappa shape index (κ3) is 2.62. The van der Waals surface area contributed by atoms with Gasteiger partial charge in [-0.1, -0.05) is 18.2 Å². The molecular weight excluding hydrogens is 253 g/mol. The summed E-state index contributed by atoms with van der Waals surface area (Å²) in [6.07, 6.45) is 1.48. The van der Waals surface area contributed by atoms with Gasteiger partial charge in [0.15, 0.2) is 0 Å². The van der Waals surface area contributed by atoms with Gasteiger partial charge < -0.3 is 0 Å². The molecule has 1 heterocycles. The molecule has 0 bridgehead atoms. The highest BCUT2D eigenvalue weighted by molar-refractivity contribution is 7.16. The molecule has 92 valence electrons. The van der Waals surface area contributed by atoms with E-state index in [0.29, 0.717) is 5.56 Å². The second-order valence-corrected chi connectivity index (χ2v) is 4.84. The smallest absolute Gasteiger partial charge is 0.244 e. The van der Waals surface area contributed by atoms with Crippen LogP contribution in [0.1, 0.15) is 11.8 Å². The molecule has 0 radical (unpaired) electrons. The first-order chi connectivity index (χ1) is 8.58. The highest BCUT2D eigenvalue weighted by atomic mass is 32.1. The van der Waals surface area contributed by atoms with Crippen molar-refractivity contribution in [2.75, 3.05) is 0 Å². The summed E-state index contributed by atoms with van der Waals surface area (Å²) in [6.45, 7) is 1.43. The molecule has 0 saturated heterocycles. The van der Waals surface area contributed by atoms with Gasteiger partial charge in [0.2, 0.25) is 5.70 Å². The Morgan fingerprint density at radius 3 is 2.72 bits per heavy atom. The van der Waals surface area contributed by atoms with E-state index >= 15 is 0 Å². The topological polar surface area (TPSA) is 43.1 Å². The van der Waals surface area contributed by atoms with E-state index in [1.54, 1.807) is 30.3 Å². The van der Waals surface area contributed by atoms with Gasteiger partial charge in [0.25, 0.3) is 0 Å². The van der Waals surface area contributed by atoms with E-state index in [1.807, 2.05) is 0 Å². The summed E-state index contributed by atoms with van der Waals surface area (Å²) in [7, 11) is 0. The molecule has 18 heavy (non-hydrogen) atoms. The highest BCUT2D eigenvalue weighted by Crippen LogP contribution is 2.30. The Bertz CT molecular complexity index is 619. The largest absolute Gasteiger partial charge is 0.259 e. The van der Waals surface area contributed by atoms with Crippen LogP contribution in [0.2, 0.25) is 0 Å². The Morgan fingerprint density at radius 1 is 1.33 bits per heavy atom. The fourth-order valence-electron chi connectivity index (χ4n) is 1.49. The van der Waals surface area contributed by atoms with E-state index in [1.165, 1.54) is 30.4 Å². The number of benzene rings is 1. The number of nitrogens with zero attached hydrogens (tertiary/aromatic N) is 1. The molecule has 2 aromatic rings.